The van der Waals surface area contributed by atoms with E-state index in [-0.39, 0.29) is 6.61 Å². The zero-order valence-electron chi connectivity index (χ0n) is 5.05. The third-order valence-electron chi connectivity index (χ3n) is 0.659. The van der Waals surface area contributed by atoms with Gasteiger partial charge in [-0.3, -0.25) is 0 Å². The SMILES string of the molecule is COCCOCC[O]. The van der Waals surface area contributed by atoms with Crippen molar-refractivity contribution in [1.82, 2.24) is 0 Å². The highest BCUT2D eigenvalue weighted by Crippen LogP contribution is 1.73. The van der Waals surface area contributed by atoms with E-state index in [9.17, 15) is 5.11 Å². The van der Waals surface area contributed by atoms with E-state index in [1.165, 1.54) is 0 Å². The lowest BCUT2D eigenvalue weighted by atomic mass is 10.7. The highest BCUT2D eigenvalue weighted by molar-refractivity contribution is 4.26. The maximum Gasteiger partial charge on any atom is 0.106 e. The van der Waals surface area contributed by atoms with Crippen LogP contribution in [0.15, 0.2) is 0 Å². The Hall–Kier alpha value is -0.120. The molecule has 0 fully saturated rings. The van der Waals surface area contributed by atoms with Crippen molar-refractivity contribution in [2.75, 3.05) is 33.5 Å². The fourth-order valence-corrected chi connectivity index (χ4v) is 0.303. The Morgan fingerprint density at radius 2 is 2.00 bits per heavy atom. The molecule has 0 spiro atoms. The van der Waals surface area contributed by atoms with Crippen molar-refractivity contribution in [1.29, 1.82) is 0 Å². The van der Waals surface area contributed by atoms with Crippen LogP contribution in [-0.4, -0.2) is 33.5 Å². The van der Waals surface area contributed by atoms with Gasteiger partial charge in [-0.1, -0.05) is 0 Å². The van der Waals surface area contributed by atoms with Crippen LogP contribution in [0.2, 0.25) is 0 Å². The summed E-state index contributed by atoms with van der Waals surface area (Å²) in [4.78, 5) is 0. The molecular weight excluding hydrogens is 108 g/mol. The average Bonchev–Trinajstić information content (AvgIpc) is 1.81. The van der Waals surface area contributed by atoms with Crippen LogP contribution in [0.25, 0.3) is 0 Å². The summed E-state index contributed by atoms with van der Waals surface area (Å²) >= 11 is 0. The van der Waals surface area contributed by atoms with E-state index in [2.05, 4.69) is 4.74 Å². The lowest BCUT2D eigenvalue weighted by Gasteiger charge is -1.97. The van der Waals surface area contributed by atoms with Crippen molar-refractivity contribution in [3.8, 4) is 0 Å². The van der Waals surface area contributed by atoms with Gasteiger partial charge in [-0.05, 0) is 0 Å². The van der Waals surface area contributed by atoms with Gasteiger partial charge in [0.05, 0.1) is 19.8 Å². The molecule has 1 radical (unpaired) electrons. The van der Waals surface area contributed by atoms with Crippen molar-refractivity contribution in [3.05, 3.63) is 0 Å². The van der Waals surface area contributed by atoms with Crippen LogP contribution in [0, 0.1) is 0 Å². The zero-order chi connectivity index (χ0) is 6.24. The Bertz CT molecular complexity index is 32.7. The van der Waals surface area contributed by atoms with Gasteiger partial charge in [0, 0.05) is 7.11 Å². The average molecular weight is 119 g/mol. The van der Waals surface area contributed by atoms with Crippen LogP contribution in [0.4, 0.5) is 0 Å². The topological polar surface area (TPSA) is 38.4 Å². The Labute approximate surface area is 49.2 Å². The van der Waals surface area contributed by atoms with E-state index >= 15 is 0 Å². The van der Waals surface area contributed by atoms with Crippen LogP contribution in [-0.2, 0) is 14.6 Å². The summed E-state index contributed by atoms with van der Waals surface area (Å²) in [5, 5.41) is 9.73. The standard InChI is InChI=1S/C5H11O3/c1-7-4-5-8-3-2-6/h2-5H2,1H3. The van der Waals surface area contributed by atoms with E-state index in [1.54, 1.807) is 7.11 Å². The van der Waals surface area contributed by atoms with Crippen LogP contribution in [0.1, 0.15) is 0 Å². The highest BCUT2D eigenvalue weighted by Gasteiger charge is 1.83. The summed E-state index contributed by atoms with van der Waals surface area (Å²) in [6.45, 7) is 1.23. The lowest BCUT2D eigenvalue weighted by molar-refractivity contribution is 0.0338. The molecule has 0 saturated carbocycles. The third-order valence-corrected chi connectivity index (χ3v) is 0.659. The maximum atomic E-state index is 9.73. The predicted molar refractivity (Wildman–Crippen MR) is 28.2 cm³/mol. The van der Waals surface area contributed by atoms with Crippen LogP contribution in [0.3, 0.4) is 0 Å². The molecular formula is C5H11O3. The van der Waals surface area contributed by atoms with E-state index < -0.39 is 0 Å². The Balaban J connectivity index is 2.53. The Kier molecular flexibility index (Phi) is 6.78. The smallest absolute Gasteiger partial charge is 0.106 e. The first-order chi connectivity index (χ1) is 3.91. The van der Waals surface area contributed by atoms with E-state index in [1.807, 2.05) is 0 Å². The molecule has 0 aliphatic carbocycles. The first-order valence-electron chi connectivity index (χ1n) is 2.56. The van der Waals surface area contributed by atoms with Gasteiger partial charge in [-0.15, -0.1) is 0 Å². The molecule has 0 unspecified atom stereocenters. The summed E-state index contributed by atoms with van der Waals surface area (Å²) in [6.07, 6.45) is 0. The molecule has 0 aromatic heterocycles. The second-order valence-corrected chi connectivity index (χ2v) is 1.31. The fraction of sp³-hybridized carbons (Fsp3) is 1.00. The summed E-state index contributed by atoms with van der Waals surface area (Å²) in [5.41, 5.74) is 0. The molecule has 8 heavy (non-hydrogen) atoms. The van der Waals surface area contributed by atoms with Crippen molar-refractivity contribution >= 4 is 0 Å². The molecule has 0 amide bonds. The summed E-state index contributed by atoms with van der Waals surface area (Å²) in [5.74, 6) is 0. The molecule has 0 bridgehead atoms. The molecule has 0 N–H and O–H groups in total. The van der Waals surface area contributed by atoms with Crippen molar-refractivity contribution in [2.45, 2.75) is 0 Å². The molecule has 3 nitrogen and oxygen atoms in total. The minimum absolute atomic E-state index is 0.163. The van der Waals surface area contributed by atoms with Gasteiger partial charge in [0.25, 0.3) is 0 Å². The molecule has 0 aromatic carbocycles. The van der Waals surface area contributed by atoms with Gasteiger partial charge in [0.15, 0.2) is 0 Å². The Morgan fingerprint density at radius 1 is 1.25 bits per heavy atom. The molecule has 0 aliphatic heterocycles. The van der Waals surface area contributed by atoms with Gasteiger partial charge < -0.3 is 9.47 Å². The van der Waals surface area contributed by atoms with Gasteiger partial charge >= 0.3 is 0 Å². The molecule has 0 heterocycles. The zero-order valence-corrected chi connectivity index (χ0v) is 5.05. The van der Waals surface area contributed by atoms with Gasteiger partial charge in [0.2, 0.25) is 0 Å². The fourth-order valence-electron chi connectivity index (χ4n) is 0.303. The number of hydrogen-bond donors (Lipinski definition) is 0. The van der Waals surface area contributed by atoms with Crippen LogP contribution < -0.4 is 0 Å². The van der Waals surface area contributed by atoms with Gasteiger partial charge in [0.1, 0.15) is 6.61 Å². The normalized spacial score (nSPS) is 9.75. The van der Waals surface area contributed by atoms with Gasteiger partial charge in [-0.25, -0.2) is 5.11 Å². The molecule has 0 aromatic rings. The third kappa shape index (κ3) is 5.88. The van der Waals surface area contributed by atoms with E-state index in [0.717, 1.165) is 0 Å². The molecule has 3 heteroatoms. The molecule has 49 valence electrons. The predicted octanol–water partition coefficient (Wildman–Crippen LogP) is 0.0799. The maximum absolute atomic E-state index is 9.73. The molecule has 0 rings (SSSR count). The number of hydrogen-bond acceptors (Lipinski definition) is 2. The van der Waals surface area contributed by atoms with Gasteiger partial charge in [-0.2, -0.15) is 0 Å². The Morgan fingerprint density at radius 3 is 2.50 bits per heavy atom. The first-order valence-corrected chi connectivity index (χ1v) is 2.56. The minimum Gasteiger partial charge on any atom is -0.382 e. The minimum atomic E-state index is -0.163. The lowest BCUT2D eigenvalue weighted by Crippen LogP contribution is -2.04. The first kappa shape index (κ1) is 7.88. The van der Waals surface area contributed by atoms with E-state index in [0.29, 0.717) is 19.8 Å². The van der Waals surface area contributed by atoms with Crippen LogP contribution in [0.5, 0.6) is 0 Å². The largest absolute Gasteiger partial charge is 0.382 e. The van der Waals surface area contributed by atoms with Crippen molar-refractivity contribution in [2.24, 2.45) is 0 Å². The van der Waals surface area contributed by atoms with E-state index in [4.69, 9.17) is 4.74 Å². The molecule has 0 atom stereocenters. The van der Waals surface area contributed by atoms with Crippen molar-refractivity contribution < 1.29 is 14.6 Å². The summed E-state index contributed by atoms with van der Waals surface area (Å²) in [7, 11) is 1.60. The summed E-state index contributed by atoms with van der Waals surface area (Å²) in [6, 6.07) is 0. The molecule has 0 aliphatic rings. The number of methoxy groups -OCH3 is 1. The second kappa shape index (κ2) is 6.88. The van der Waals surface area contributed by atoms with Crippen LogP contribution >= 0.6 is 0 Å². The molecule has 0 saturated heterocycles. The monoisotopic (exact) mass is 119 g/mol. The van der Waals surface area contributed by atoms with Crippen molar-refractivity contribution in [3.63, 3.8) is 0 Å². The quantitative estimate of drug-likeness (QED) is 0.481. The summed E-state index contributed by atoms with van der Waals surface area (Å²) < 4.78 is 9.45. The number of ether oxygens (including phenoxy) is 2. The second-order valence-electron chi connectivity index (χ2n) is 1.31. The highest BCUT2D eigenvalue weighted by atomic mass is 16.5. The number of rotatable bonds is 5.